The minimum absolute atomic E-state index is 0.0466. The van der Waals surface area contributed by atoms with Gasteiger partial charge in [-0.2, -0.15) is 0 Å². The van der Waals surface area contributed by atoms with Crippen LogP contribution in [0.5, 0.6) is 0 Å². The number of carbonyl (C=O) groups excluding carboxylic acids is 1. The Hall–Kier alpha value is -0.0500. The first-order valence-electron chi connectivity index (χ1n) is 5.38. The van der Waals surface area contributed by atoms with E-state index in [1.165, 1.54) is 0 Å². The van der Waals surface area contributed by atoms with Crippen molar-refractivity contribution in [1.29, 1.82) is 0 Å². The third-order valence-electron chi connectivity index (χ3n) is 1.95. The molecule has 0 aromatic rings. The van der Waals surface area contributed by atoms with Gasteiger partial charge < -0.3 is 4.74 Å². The Labute approximate surface area is 95.5 Å². The lowest BCUT2D eigenvalue weighted by atomic mass is 10.1. The van der Waals surface area contributed by atoms with Crippen LogP contribution >= 0.6 is 15.9 Å². The number of hydrogen-bond donors (Lipinski definition) is 0. The summed E-state index contributed by atoms with van der Waals surface area (Å²) in [6, 6.07) is 0. The van der Waals surface area contributed by atoms with Crippen LogP contribution in [0.3, 0.4) is 0 Å². The number of alkyl halides is 1. The van der Waals surface area contributed by atoms with Gasteiger partial charge >= 0.3 is 5.97 Å². The summed E-state index contributed by atoms with van der Waals surface area (Å²) in [5, 5.41) is 0.966. The molecular weight excluding hydrogens is 244 g/mol. The fourth-order valence-electron chi connectivity index (χ4n) is 1.11. The predicted octanol–water partition coefficient (Wildman–Crippen LogP) is 3.53. The monoisotopic (exact) mass is 264 g/mol. The molecule has 0 aromatic carbocycles. The summed E-state index contributed by atoms with van der Waals surface area (Å²) >= 11 is 3.33. The summed E-state index contributed by atoms with van der Waals surface area (Å²) in [6.45, 7) is 4.95. The zero-order chi connectivity index (χ0) is 10.8. The molecule has 0 aliphatic heterocycles. The molecule has 0 atom stereocenters. The highest BCUT2D eigenvalue weighted by molar-refractivity contribution is 9.09. The largest absolute Gasteiger partial charge is 0.466 e. The molecule has 0 aliphatic rings. The van der Waals surface area contributed by atoms with Crippen LogP contribution in [0.15, 0.2) is 0 Å². The van der Waals surface area contributed by atoms with Crippen LogP contribution in [0, 0.1) is 5.92 Å². The summed E-state index contributed by atoms with van der Waals surface area (Å²) < 4.78 is 5.08. The number of esters is 1. The van der Waals surface area contributed by atoms with E-state index in [0.29, 0.717) is 18.9 Å². The maximum atomic E-state index is 11.1. The quantitative estimate of drug-likeness (QED) is 0.381. The fraction of sp³-hybridized carbons (Fsp3) is 0.909. The number of unbranched alkanes of at least 4 members (excludes halogenated alkanes) is 1. The molecule has 0 aromatic heterocycles. The summed E-state index contributed by atoms with van der Waals surface area (Å²) in [4.78, 5) is 11.1. The van der Waals surface area contributed by atoms with Crippen LogP contribution in [0.25, 0.3) is 0 Å². The summed E-state index contributed by atoms with van der Waals surface area (Å²) in [5.74, 6) is 0.650. The molecule has 0 aliphatic carbocycles. The minimum atomic E-state index is -0.0466. The fourth-order valence-corrected chi connectivity index (χ4v) is 1.51. The van der Waals surface area contributed by atoms with Crippen LogP contribution in [-0.2, 0) is 9.53 Å². The average Bonchev–Trinajstić information content (AvgIpc) is 2.13. The third kappa shape index (κ3) is 10.0. The molecule has 0 heterocycles. The molecule has 0 N–H and O–H groups in total. The van der Waals surface area contributed by atoms with Crippen molar-refractivity contribution < 1.29 is 9.53 Å². The minimum Gasteiger partial charge on any atom is -0.466 e. The number of halogens is 1. The van der Waals surface area contributed by atoms with Gasteiger partial charge in [-0.3, -0.25) is 4.79 Å². The Morgan fingerprint density at radius 3 is 2.57 bits per heavy atom. The van der Waals surface area contributed by atoms with Gasteiger partial charge in [0.05, 0.1) is 6.61 Å². The molecule has 2 nitrogen and oxygen atoms in total. The topological polar surface area (TPSA) is 26.3 Å². The zero-order valence-electron chi connectivity index (χ0n) is 9.22. The lowest BCUT2D eigenvalue weighted by Gasteiger charge is -2.05. The Bertz CT molecular complexity index is 146. The van der Waals surface area contributed by atoms with Gasteiger partial charge in [0.1, 0.15) is 0 Å². The number of ether oxygens (including phenoxy) is 1. The van der Waals surface area contributed by atoms with E-state index in [0.717, 1.165) is 31.0 Å². The molecule has 0 bridgehead atoms. The molecular formula is C11H21BrO2. The highest BCUT2D eigenvalue weighted by atomic mass is 79.9. The van der Waals surface area contributed by atoms with Gasteiger partial charge in [0.2, 0.25) is 0 Å². The number of hydrogen-bond acceptors (Lipinski definition) is 2. The van der Waals surface area contributed by atoms with E-state index < -0.39 is 0 Å². The molecule has 0 fully saturated rings. The number of rotatable bonds is 8. The number of carbonyl (C=O) groups is 1. The van der Waals surface area contributed by atoms with Crippen molar-refractivity contribution in [2.75, 3.05) is 11.9 Å². The molecule has 0 spiro atoms. The predicted molar refractivity (Wildman–Crippen MR) is 62.7 cm³/mol. The first-order valence-corrected chi connectivity index (χ1v) is 6.50. The van der Waals surface area contributed by atoms with E-state index in [1.54, 1.807) is 0 Å². The molecule has 0 rings (SSSR count). The van der Waals surface area contributed by atoms with E-state index >= 15 is 0 Å². The van der Waals surface area contributed by atoms with Crippen LogP contribution in [-0.4, -0.2) is 17.9 Å². The zero-order valence-corrected chi connectivity index (χ0v) is 10.8. The first kappa shape index (κ1) is 13.9. The molecule has 0 amide bonds. The molecule has 0 saturated carbocycles. The van der Waals surface area contributed by atoms with E-state index in [-0.39, 0.29) is 5.97 Å². The van der Waals surface area contributed by atoms with Gasteiger partial charge in [0.15, 0.2) is 0 Å². The van der Waals surface area contributed by atoms with E-state index in [4.69, 9.17) is 4.74 Å². The van der Waals surface area contributed by atoms with Crippen molar-refractivity contribution in [2.24, 2.45) is 5.92 Å². The van der Waals surface area contributed by atoms with E-state index in [2.05, 4.69) is 29.8 Å². The molecule has 14 heavy (non-hydrogen) atoms. The second-order valence-electron chi connectivity index (χ2n) is 3.90. The molecule has 0 saturated heterocycles. The standard InChI is InChI=1S/C11H21BrO2/c1-10(2)6-5-9-14-11(13)7-3-4-8-12/h10H,3-9H2,1-2H3. The molecule has 0 unspecified atom stereocenters. The van der Waals surface area contributed by atoms with Gasteiger partial charge in [0, 0.05) is 11.8 Å². The normalized spacial score (nSPS) is 10.6. The van der Waals surface area contributed by atoms with Crippen molar-refractivity contribution >= 4 is 21.9 Å². The molecule has 3 heteroatoms. The summed E-state index contributed by atoms with van der Waals surface area (Å²) in [6.07, 6.45) is 4.65. The van der Waals surface area contributed by atoms with Gasteiger partial charge in [-0.1, -0.05) is 29.8 Å². The van der Waals surface area contributed by atoms with Gasteiger partial charge in [-0.05, 0) is 31.6 Å². The second-order valence-corrected chi connectivity index (χ2v) is 4.70. The maximum absolute atomic E-state index is 11.1. The van der Waals surface area contributed by atoms with Crippen molar-refractivity contribution in [3.05, 3.63) is 0 Å². The highest BCUT2D eigenvalue weighted by Gasteiger charge is 2.02. The van der Waals surface area contributed by atoms with Crippen molar-refractivity contribution in [1.82, 2.24) is 0 Å². The molecule has 84 valence electrons. The van der Waals surface area contributed by atoms with Gasteiger partial charge in [-0.25, -0.2) is 0 Å². The Morgan fingerprint density at radius 1 is 1.29 bits per heavy atom. The smallest absolute Gasteiger partial charge is 0.305 e. The second kappa shape index (κ2) is 9.50. The Kier molecular flexibility index (Phi) is 9.47. The van der Waals surface area contributed by atoms with Crippen molar-refractivity contribution in [3.8, 4) is 0 Å². The van der Waals surface area contributed by atoms with E-state index in [9.17, 15) is 4.79 Å². The molecule has 0 radical (unpaired) electrons. The summed E-state index contributed by atoms with van der Waals surface area (Å²) in [7, 11) is 0. The highest BCUT2D eigenvalue weighted by Crippen LogP contribution is 2.05. The van der Waals surface area contributed by atoms with Gasteiger partial charge in [0.25, 0.3) is 0 Å². The first-order chi connectivity index (χ1) is 6.66. The van der Waals surface area contributed by atoms with Crippen LogP contribution < -0.4 is 0 Å². The maximum Gasteiger partial charge on any atom is 0.305 e. The lowest BCUT2D eigenvalue weighted by molar-refractivity contribution is -0.143. The Balaban J connectivity index is 3.18. The van der Waals surface area contributed by atoms with Gasteiger partial charge in [-0.15, -0.1) is 0 Å². The van der Waals surface area contributed by atoms with Crippen molar-refractivity contribution in [2.45, 2.75) is 46.0 Å². The van der Waals surface area contributed by atoms with Crippen molar-refractivity contribution in [3.63, 3.8) is 0 Å². The summed E-state index contributed by atoms with van der Waals surface area (Å²) in [5.41, 5.74) is 0. The SMILES string of the molecule is CC(C)CCCOC(=O)CCCCBr. The average molecular weight is 265 g/mol. The Morgan fingerprint density at radius 2 is 2.00 bits per heavy atom. The third-order valence-corrected chi connectivity index (χ3v) is 2.51. The van der Waals surface area contributed by atoms with Crippen LogP contribution in [0.2, 0.25) is 0 Å². The lowest BCUT2D eigenvalue weighted by Crippen LogP contribution is -2.06. The van der Waals surface area contributed by atoms with Crippen LogP contribution in [0.4, 0.5) is 0 Å². The van der Waals surface area contributed by atoms with Crippen LogP contribution in [0.1, 0.15) is 46.0 Å². The van der Waals surface area contributed by atoms with E-state index in [1.807, 2.05) is 0 Å².